The largest absolute Gasteiger partial charge is 0.416 e. The second-order valence-electron chi connectivity index (χ2n) is 4.30. The van der Waals surface area contributed by atoms with Crippen LogP contribution in [-0.4, -0.2) is 31.8 Å². The van der Waals surface area contributed by atoms with Gasteiger partial charge in [-0.25, -0.2) is 0 Å². The molecule has 1 aromatic rings. The van der Waals surface area contributed by atoms with Gasteiger partial charge in [-0.2, -0.15) is 24.9 Å². The fourth-order valence-electron chi connectivity index (χ4n) is 1.79. The number of alkyl halides is 3. The number of ether oxygens (including phenoxy) is 1. The lowest BCUT2D eigenvalue weighted by Crippen LogP contribution is -2.23. The molecule has 2 nitrogen and oxygen atoms in total. The summed E-state index contributed by atoms with van der Waals surface area (Å²) in [7, 11) is 1.63. The second kappa shape index (κ2) is 8.54. The Morgan fingerprint density at radius 1 is 1.35 bits per heavy atom. The molecule has 0 aromatic heterocycles. The predicted octanol–water partition coefficient (Wildman–Crippen LogP) is 3.74. The predicted molar refractivity (Wildman–Crippen MR) is 77.1 cm³/mol. The van der Waals surface area contributed by atoms with Crippen molar-refractivity contribution >= 4 is 11.8 Å². The standard InChI is InChI=1S/C14H20F3NOS/c1-3-18-13(10-20-8-7-19-2)11-5-4-6-12(9-11)14(15,16)17/h4-6,9,13,18H,3,7-8,10H2,1-2H3. The topological polar surface area (TPSA) is 21.3 Å². The third-order valence-electron chi connectivity index (χ3n) is 2.78. The summed E-state index contributed by atoms with van der Waals surface area (Å²) < 4.78 is 43.1. The van der Waals surface area contributed by atoms with E-state index in [2.05, 4.69) is 5.32 Å². The maximum atomic E-state index is 12.7. The molecule has 0 saturated heterocycles. The van der Waals surface area contributed by atoms with Crippen molar-refractivity contribution in [2.24, 2.45) is 0 Å². The molecule has 0 spiro atoms. The average Bonchev–Trinajstić information content (AvgIpc) is 2.41. The van der Waals surface area contributed by atoms with Gasteiger partial charge in [-0.05, 0) is 24.2 Å². The van der Waals surface area contributed by atoms with E-state index in [1.54, 1.807) is 24.9 Å². The molecule has 0 fully saturated rings. The van der Waals surface area contributed by atoms with Crippen LogP contribution in [0.3, 0.4) is 0 Å². The van der Waals surface area contributed by atoms with Crippen LogP contribution in [0.5, 0.6) is 0 Å². The number of methoxy groups -OCH3 is 1. The summed E-state index contributed by atoms with van der Waals surface area (Å²) in [6.07, 6.45) is -4.30. The zero-order valence-electron chi connectivity index (χ0n) is 11.7. The van der Waals surface area contributed by atoms with E-state index in [4.69, 9.17) is 4.74 Å². The lowest BCUT2D eigenvalue weighted by molar-refractivity contribution is -0.137. The Bertz CT molecular complexity index is 398. The average molecular weight is 307 g/mol. The van der Waals surface area contributed by atoms with Crippen molar-refractivity contribution in [1.82, 2.24) is 5.32 Å². The van der Waals surface area contributed by atoms with E-state index < -0.39 is 11.7 Å². The monoisotopic (exact) mass is 307 g/mol. The Balaban J connectivity index is 2.75. The van der Waals surface area contributed by atoms with E-state index in [-0.39, 0.29) is 6.04 Å². The lowest BCUT2D eigenvalue weighted by atomic mass is 10.0. The molecule has 1 aromatic carbocycles. The van der Waals surface area contributed by atoms with Gasteiger partial charge in [0.05, 0.1) is 12.2 Å². The first-order valence-corrected chi connectivity index (χ1v) is 7.61. The Morgan fingerprint density at radius 2 is 2.10 bits per heavy atom. The first kappa shape index (κ1) is 17.3. The van der Waals surface area contributed by atoms with Crippen molar-refractivity contribution < 1.29 is 17.9 Å². The molecule has 0 bridgehead atoms. The molecule has 1 atom stereocenters. The molecule has 114 valence electrons. The van der Waals surface area contributed by atoms with Gasteiger partial charge in [0.15, 0.2) is 0 Å². The van der Waals surface area contributed by atoms with Crippen LogP contribution in [-0.2, 0) is 10.9 Å². The molecule has 0 radical (unpaired) electrons. The van der Waals surface area contributed by atoms with Crippen molar-refractivity contribution in [3.8, 4) is 0 Å². The van der Waals surface area contributed by atoms with Crippen molar-refractivity contribution in [3.63, 3.8) is 0 Å². The molecular formula is C14H20F3NOS. The van der Waals surface area contributed by atoms with Gasteiger partial charge < -0.3 is 10.1 Å². The maximum Gasteiger partial charge on any atom is 0.416 e. The van der Waals surface area contributed by atoms with Crippen LogP contribution in [0.2, 0.25) is 0 Å². The fourth-order valence-corrected chi connectivity index (χ4v) is 2.79. The number of rotatable bonds is 8. The highest BCUT2D eigenvalue weighted by Gasteiger charge is 2.30. The highest BCUT2D eigenvalue weighted by Crippen LogP contribution is 2.31. The minimum atomic E-state index is -4.30. The van der Waals surface area contributed by atoms with Crippen LogP contribution in [0, 0.1) is 0 Å². The Kier molecular flexibility index (Phi) is 7.40. The highest BCUT2D eigenvalue weighted by molar-refractivity contribution is 7.99. The molecule has 0 aliphatic carbocycles. The fraction of sp³-hybridized carbons (Fsp3) is 0.571. The zero-order chi connectivity index (χ0) is 15.0. The molecular weight excluding hydrogens is 287 g/mol. The van der Waals surface area contributed by atoms with E-state index in [0.717, 1.165) is 17.6 Å². The summed E-state index contributed by atoms with van der Waals surface area (Å²) in [4.78, 5) is 0. The van der Waals surface area contributed by atoms with Gasteiger partial charge in [0.2, 0.25) is 0 Å². The number of nitrogens with one attached hydrogen (secondary N) is 1. The lowest BCUT2D eigenvalue weighted by Gasteiger charge is -2.19. The van der Waals surface area contributed by atoms with Crippen LogP contribution >= 0.6 is 11.8 Å². The SMILES string of the molecule is CCNC(CSCCOC)c1cccc(C(F)(F)F)c1. The number of halogens is 3. The summed E-state index contributed by atoms with van der Waals surface area (Å²) in [6, 6.07) is 5.44. The highest BCUT2D eigenvalue weighted by atomic mass is 32.2. The van der Waals surface area contributed by atoms with Crippen molar-refractivity contribution in [2.75, 3.05) is 31.8 Å². The molecule has 0 heterocycles. The molecule has 0 amide bonds. The van der Waals surface area contributed by atoms with Gasteiger partial charge in [-0.15, -0.1) is 0 Å². The number of thioether (sulfide) groups is 1. The van der Waals surface area contributed by atoms with E-state index in [9.17, 15) is 13.2 Å². The number of benzene rings is 1. The quantitative estimate of drug-likeness (QED) is 0.739. The smallest absolute Gasteiger partial charge is 0.384 e. The summed E-state index contributed by atoms with van der Waals surface area (Å²) in [5.74, 6) is 1.55. The Labute approximate surface area is 122 Å². The van der Waals surface area contributed by atoms with Crippen LogP contribution < -0.4 is 5.32 Å². The molecule has 0 aliphatic rings. The molecule has 1 N–H and O–H groups in total. The van der Waals surface area contributed by atoms with Gasteiger partial charge in [0.1, 0.15) is 0 Å². The third-order valence-corrected chi connectivity index (χ3v) is 3.81. The molecule has 0 aliphatic heterocycles. The van der Waals surface area contributed by atoms with Gasteiger partial charge in [-0.1, -0.05) is 19.1 Å². The zero-order valence-corrected chi connectivity index (χ0v) is 12.5. The van der Waals surface area contributed by atoms with Gasteiger partial charge in [-0.3, -0.25) is 0 Å². The number of hydrogen-bond donors (Lipinski definition) is 1. The molecule has 0 saturated carbocycles. The normalized spacial score (nSPS) is 13.4. The van der Waals surface area contributed by atoms with E-state index >= 15 is 0 Å². The summed E-state index contributed by atoms with van der Waals surface area (Å²) in [6.45, 7) is 3.30. The van der Waals surface area contributed by atoms with Crippen LogP contribution in [0.4, 0.5) is 13.2 Å². The summed E-state index contributed by atoms with van der Waals surface area (Å²) in [5.41, 5.74) is 0.0754. The minimum absolute atomic E-state index is 0.0795. The van der Waals surface area contributed by atoms with E-state index in [1.165, 1.54) is 12.1 Å². The summed E-state index contributed by atoms with van der Waals surface area (Å²) >= 11 is 1.67. The Hall–Kier alpha value is -0.720. The molecule has 20 heavy (non-hydrogen) atoms. The maximum absolute atomic E-state index is 12.7. The van der Waals surface area contributed by atoms with Crippen LogP contribution in [0.15, 0.2) is 24.3 Å². The molecule has 6 heteroatoms. The number of hydrogen-bond acceptors (Lipinski definition) is 3. The third kappa shape index (κ3) is 5.73. The van der Waals surface area contributed by atoms with Gasteiger partial charge in [0.25, 0.3) is 0 Å². The van der Waals surface area contributed by atoms with Gasteiger partial charge >= 0.3 is 6.18 Å². The second-order valence-corrected chi connectivity index (χ2v) is 5.45. The van der Waals surface area contributed by atoms with Crippen molar-refractivity contribution in [2.45, 2.75) is 19.1 Å². The van der Waals surface area contributed by atoms with E-state index in [1.807, 2.05) is 6.92 Å². The molecule has 1 rings (SSSR count). The van der Waals surface area contributed by atoms with Crippen LogP contribution in [0.1, 0.15) is 24.1 Å². The van der Waals surface area contributed by atoms with Crippen molar-refractivity contribution in [1.29, 1.82) is 0 Å². The Morgan fingerprint density at radius 3 is 2.70 bits per heavy atom. The van der Waals surface area contributed by atoms with Crippen molar-refractivity contribution in [3.05, 3.63) is 35.4 Å². The van der Waals surface area contributed by atoms with Crippen LogP contribution in [0.25, 0.3) is 0 Å². The minimum Gasteiger partial charge on any atom is -0.384 e. The first-order chi connectivity index (χ1) is 9.49. The summed E-state index contributed by atoms with van der Waals surface area (Å²) in [5, 5.41) is 3.23. The van der Waals surface area contributed by atoms with E-state index in [0.29, 0.717) is 18.7 Å². The first-order valence-electron chi connectivity index (χ1n) is 6.46. The van der Waals surface area contributed by atoms with Gasteiger partial charge in [0, 0.05) is 24.7 Å². The molecule has 1 unspecified atom stereocenters.